The number of hydrogen-bond acceptors (Lipinski definition) is 3. The molecule has 1 atom stereocenters. The zero-order valence-corrected chi connectivity index (χ0v) is 15.4. The maximum atomic E-state index is 12.9. The highest BCUT2D eigenvalue weighted by atomic mass is 19.3. The van der Waals surface area contributed by atoms with Crippen molar-refractivity contribution >= 4 is 5.96 Å². The van der Waals surface area contributed by atoms with Crippen molar-refractivity contribution in [1.82, 2.24) is 19.8 Å². The van der Waals surface area contributed by atoms with Crippen LogP contribution in [0, 0.1) is 5.92 Å². The Balaban J connectivity index is 1.44. The van der Waals surface area contributed by atoms with Gasteiger partial charge in [-0.05, 0) is 12.0 Å². The molecule has 6 nitrogen and oxygen atoms in total. The minimum atomic E-state index is -2.59. The van der Waals surface area contributed by atoms with E-state index in [1.165, 1.54) is 18.0 Å². The summed E-state index contributed by atoms with van der Waals surface area (Å²) < 4.78 is 32.5. The van der Waals surface area contributed by atoms with E-state index in [1.807, 2.05) is 18.2 Å². The first kappa shape index (κ1) is 19.3. The maximum Gasteiger partial charge on any atom is 0.319 e. The average Bonchev–Trinajstić information content (AvgIpc) is 3.33. The Kier molecular flexibility index (Phi) is 6.75. The summed E-state index contributed by atoms with van der Waals surface area (Å²) in [5.74, 6) is 1.41. The highest BCUT2D eigenvalue weighted by molar-refractivity contribution is 5.80. The summed E-state index contributed by atoms with van der Waals surface area (Å²) in [6, 6.07) is 10.1. The second-order valence-electron chi connectivity index (χ2n) is 6.53. The highest BCUT2D eigenvalue weighted by Gasteiger charge is 2.25. The Morgan fingerprint density at radius 2 is 2.19 bits per heavy atom. The SMILES string of the molecule is CN=C(NCc1nccn1C(F)F)N1CCC(COCc2ccccc2)C1. The van der Waals surface area contributed by atoms with E-state index in [4.69, 9.17) is 4.74 Å². The van der Waals surface area contributed by atoms with Crippen LogP contribution in [0.15, 0.2) is 47.7 Å². The third-order valence-electron chi connectivity index (χ3n) is 4.63. The molecule has 146 valence electrons. The number of aromatic nitrogens is 2. The van der Waals surface area contributed by atoms with Crippen molar-refractivity contribution in [3.8, 4) is 0 Å². The first-order valence-corrected chi connectivity index (χ1v) is 9.04. The van der Waals surface area contributed by atoms with Crippen molar-refractivity contribution in [2.24, 2.45) is 10.9 Å². The molecule has 0 saturated carbocycles. The standard InChI is InChI=1S/C19H25F2N5O/c1-22-19(24-11-17-23-8-10-26(17)18(20)21)25-9-7-16(12-25)14-27-13-15-5-3-2-4-6-15/h2-6,8,10,16,18H,7,9,11-14H2,1H3,(H,22,24). The molecule has 1 aliphatic heterocycles. The molecule has 0 spiro atoms. The molecule has 1 aromatic carbocycles. The van der Waals surface area contributed by atoms with Gasteiger partial charge in [-0.2, -0.15) is 8.78 Å². The number of nitrogens with zero attached hydrogens (tertiary/aromatic N) is 4. The monoisotopic (exact) mass is 377 g/mol. The summed E-state index contributed by atoms with van der Waals surface area (Å²) in [4.78, 5) is 10.4. The van der Waals surface area contributed by atoms with E-state index in [2.05, 4.69) is 32.3 Å². The molecule has 0 amide bonds. The lowest BCUT2D eigenvalue weighted by molar-refractivity contribution is 0.0668. The quantitative estimate of drug-likeness (QED) is 0.596. The van der Waals surface area contributed by atoms with Crippen molar-refractivity contribution in [3.63, 3.8) is 0 Å². The van der Waals surface area contributed by atoms with Crippen LogP contribution in [0.1, 0.15) is 24.4 Å². The largest absolute Gasteiger partial charge is 0.376 e. The first-order valence-electron chi connectivity index (χ1n) is 9.04. The Morgan fingerprint density at radius 1 is 1.37 bits per heavy atom. The molecule has 8 heteroatoms. The number of imidazole rings is 1. The fraction of sp³-hybridized carbons (Fsp3) is 0.474. The number of guanidine groups is 1. The van der Waals surface area contributed by atoms with Gasteiger partial charge in [0.05, 0.1) is 19.8 Å². The molecule has 0 aliphatic carbocycles. The summed E-state index contributed by atoms with van der Waals surface area (Å²) in [7, 11) is 1.70. The summed E-state index contributed by atoms with van der Waals surface area (Å²) in [6.45, 7) is 0.610. The second-order valence-corrected chi connectivity index (χ2v) is 6.53. The zero-order chi connectivity index (χ0) is 19.1. The van der Waals surface area contributed by atoms with Gasteiger partial charge in [-0.15, -0.1) is 0 Å². The Hall–Kier alpha value is -2.48. The van der Waals surface area contributed by atoms with Gasteiger partial charge >= 0.3 is 6.55 Å². The number of likely N-dealkylation sites (tertiary alicyclic amines) is 1. The van der Waals surface area contributed by atoms with Crippen molar-refractivity contribution in [2.75, 3.05) is 26.7 Å². The molecule has 2 heterocycles. The van der Waals surface area contributed by atoms with Crippen LogP contribution >= 0.6 is 0 Å². The normalized spacial score (nSPS) is 17.7. The lowest BCUT2D eigenvalue weighted by Crippen LogP contribution is -2.40. The van der Waals surface area contributed by atoms with Crippen LogP contribution in [-0.4, -0.2) is 47.2 Å². The number of nitrogens with one attached hydrogen (secondary N) is 1. The van der Waals surface area contributed by atoms with E-state index in [0.717, 1.165) is 24.1 Å². The van der Waals surface area contributed by atoms with Crippen LogP contribution < -0.4 is 5.32 Å². The van der Waals surface area contributed by atoms with Crippen molar-refractivity contribution in [2.45, 2.75) is 26.1 Å². The summed E-state index contributed by atoms with van der Waals surface area (Å²) >= 11 is 0. The fourth-order valence-electron chi connectivity index (χ4n) is 3.23. The molecule has 1 saturated heterocycles. The summed E-state index contributed by atoms with van der Waals surface area (Å²) in [6.07, 6.45) is 3.67. The minimum absolute atomic E-state index is 0.204. The van der Waals surface area contributed by atoms with E-state index < -0.39 is 6.55 Å². The van der Waals surface area contributed by atoms with Crippen LogP contribution in [-0.2, 0) is 17.9 Å². The fourth-order valence-corrected chi connectivity index (χ4v) is 3.23. The molecule has 1 N–H and O–H groups in total. The van der Waals surface area contributed by atoms with Crippen molar-refractivity contribution in [3.05, 3.63) is 54.1 Å². The Labute approximate surface area is 157 Å². The van der Waals surface area contributed by atoms with Crippen LogP contribution in [0.3, 0.4) is 0 Å². The Bertz CT molecular complexity index is 735. The van der Waals surface area contributed by atoms with Gasteiger partial charge in [0.15, 0.2) is 5.96 Å². The van der Waals surface area contributed by atoms with E-state index >= 15 is 0 Å². The summed E-state index contributed by atoms with van der Waals surface area (Å²) in [5, 5.41) is 3.13. The van der Waals surface area contributed by atoms with E-state index in [9.17, 15) is 8.78 Å². The van der Waals surface area contributed by atoms with Gasteiger partial charge in [-0.1, -0.05) is 30.3 Å². The van der Waals surface area contributed by atoms with Crippen molar-refractivity contribution < 1.29 is 13.5 Å². The predicted molar refractivity (Wildman–Crippen MR) is 99.5 cm³/mol. The molecule has 1 aromatic heterocycles. The molecule has 2 aromatic rings. The number of hydrogen-bond donors (Lipinski definition) is 1. The van der Waals surface area contributed by atoms with Crippen LogP contribution in [0.5, 0.6) is 0 Å². The maximum absolute atomic E-state index is 12.9. The first-order chi connectivity index (χ1) is 13.2. The van der Waals surface area contributed by atoms with Gasteiger partial charge in [0, 0.05) is 38.4 Å². The molecule has 27 heavy (non-hydrogen) atoms. The number of ether oxygens (including phenoxy) is 1. The third kappa shape index (κ3) is 5.26. The molecule has 0 radical (unpaired) electrons. The number of halogens is 2. The molecular weight excluding hydrogens is 352 g/mol. The minimum Gasteiger partial charge on any atom is -0.376 e. The number of benzene rings is 1. The molecule has 0 bridgehead atoms. The van der Waals surface area contributed by atoms with Gasteiger partial charge in [0.1, 0.15) is 5.82 Å². The van der Waals surface area contributed by atoms with Crippen LogP contribution in [0.4, 0.5) is 8.78 Å². The Morgan fingerprint density at radius 3 is 2.93 bits per heavy atom. The number of aliphatic imine (C=N–C) groups is 1. The predicted octanol–water partition coefficient (Wildman–Crippen LogP) is 2.89. The van der Waals surface area contributed by atoms with E-state index in [1.54, 1.807) is 7.05 Å². The molecule has 1 aliphatic rings. The number of alkyl halides is 2. The molecular formula is C19H25F2N5O. The van der Waals surface area contributed by atoms with Crippen molar-refractivity contribution in [1.29, 1.82) is 0 Å². The van der Waals surface area contributed by atoms with Crippen LogP contribution in [0.2, 0.25) is 0 Å². The van der Waals surface area contributed by atoms with Gasteiger partial charge < -0.3 is 15.0 Å². The van der Waals surface area contributed by atoms with Gasteiger partial charge in [-0.3, -0.25) is 9.56 Å². The van der Waals surface area contributed by atoms with Gasteiger partial charge in [0.2, 0.25) is 0 Å². The highest BCUT2D eigenvalue weighted by Crippen LogP contribution is 2.18. The zero-order valence-electron chi connectivity index (χ0n) is 15.4. The smallest absolute Gasteiger partial charge is 0.319 e. The molecule has 1 fully saturated rings. The molecule has 1 unspecified atom stereocenters. The summed E-state index contributed by atoms with van der Waals surface area (Å²) in [5.41, 5.74) is 1.17. The van der Waals surface area contributed by atoms with E-state index in [0.29, 0.717) is 25.1 Å². The second kappa shape index (κ2) is 9.45. The number of rotatable bonds is 7. The van der Waals surface area contributed by atoms with Gasteiger partial charge in [0.25, 0.3) is 0 Å². The molecule has 3 rings (SSSR count). The van der Waals surface area contributed by atoms with Crippen LogP contribution in [0.25, 0.3) is 0 Å². The average molecular weight is 377 g/mol. The van der Waals surface area contributed by atoms with Gasteiger partial charge in [-0.25, -0.2) is 4.98 Å². The third-order valence-corrected chi connectivity index (χ3v) is 4.63. The lowest BCUT2D eigenvalue weighted by Gasteiger charge is -2.21. The van der Waals surface area contributed by atoms with E-state index in [-0.39, 0.29) is 12.4 Å². The topological polar surface area (TPSA) is 54.7 Å². The lowest BCUT2D eigenvalue weighted by atomic mass is 10.1.